The Balaban J connectivity index is 2.32. The Labute approximate surface area is 93.9 Å². The molecule has 92 valence electrons. The summed E-state index contributed by atoms with van der Waals surface area (Å²) in [5, 5.41) is 11.7. The highest BCUT2D eigenvalue weighted by Gasteiger charge is 2.31. The molecule has 0 spiro atoms. The van der Waals surface area contributed by atoms with Crippen molar-refractivity contribution in [2.75, 3.05) is 20.3 Å². The summed E-state index contributed by atoms with van der Waals surface area (Å²) in [7, 11) is 1.18. The Hall–Kier alpha value is -1.14. The number of esters is 1. The lowest BCUT2D eigenvalue weighted by atomic mass is 10.0. The first-order valence-electron chi connectivity index (χ1n) is 5.21. The predicted octanol–water partition coefficient (Wildman–Crippen LogP) is -0.938. The standard InChI is InChI=1S/C10H17NO5/c1-6-3-4-16-8(6)9(13)11-5-7(12)10(14)15-2/h6-8,12H,3-5H2,1-2H3,(H,11,13). The molecule has 2 N–H and O–H groups in total. The Morgan fingerprint density at radius 2 is 2.31 bits per heavy atom. The lowest BCUT2D eigenvalue weighted by Crippen LogP contribution is -2.43. The minimum atomic E-state index is -1.33. The molecule has 6 nitrogen and oxygen atoms in total. The van der Waals surface area contributed by atoms with Gasteiger partial charge in [-0.15, -0.1) is 0 Å². The van der Waals surface area contributed by atoms with E-state index in [2.05, 4.69) is 10.1 Å². The molecule has 0 aromatic carbocycles. The molecular weight excluding hydrogens is 214 g/mol. The lowest BCUT2D eigenvalue weighted by Gasteiger charge is -2.15. The van der Waals surface area contributed by atoms with E-state index in [4.69, 9.17) is 4.74 Å². The quantitative estimate of drug-likeness (QED) is 0.610. The fraction of sp³-hybridized carbons (Fsp3) is 0.800. The van der Waals surface area contributed by atoms with Gasteiger partial charge in [-0.25, -0.2) is 4.79 Å². The summed E-state index contributed by atoms with van der Waals surface area (Å²) in [4.78, 5) is 22.4. The third-order valence-electron chi connectivity index (χ3n) is 2.59. The Bertz CT molecular complexity index is 268. The van der Waals surface area contributed by atoms with Crippen molar-refractivity contribution in [3.05, 3.63) is 0 Å². The van der Waals surface area contributed by atoms with Gasteiger partial charge in [-0.05, 0) is 12.3 Å². The number of methoxy groups -OCH3 is 1. The van der Waals surface area contributed by atoms with Crippen LogP contribution in [0.1, 0.15) is 13.3 Å². The number of aliphatic hydroxyl groups is 1. The number of ether oxygens (including phenoxy) is 2. The maximum absolute atomic E-state index is 11.6. The molecule has 3 unspecified atom stereocenters. The van der Waals surface area contributed by atoms with Crippen LogP contribution in [0, 0.1) is 5.92 Å². The molecule has 1 heterocycles. The van der Waals surface area contributed by atoms with E-state index >= 15 is 0 Å². The van der Waals surface area contributed by atoms with Gasteiger partial charge < -0.3 is 19.9 Å². The van der Waals surface area contributed by atoms with Crippen molar-refractivity contribution in [2.24, 2.45) is 5.92 Å². The van der Waals surface area contributed by atoms with Crippen LogP contribution < -0.4 is 5.32 Å². The van der Waals surface area contributed by atoms with Crippen LogP contribution in [0.5, 0.6) is 0 Å². The van der Waals surface area contributed by atoms with E-state index in [1.807, 2.05) is 6.92 Å². The number of carbonyl (C=O) groups is 2. The minimum Gasteiger partial charge on any atom is -0.467 e. The molecule has 0 radical (unpaired) electrons. The van der Waals surface area contributed by atoms with Crippen molar-refractivity contribution in [2.45, 2.75) is 25.6 Å². The highest BCUT2D eigenvalue weighted by Crippen LogP contribution is 2.19. The van der Waals surface area contributed by atoms with Crippen LogP contribution in [0.4, 0.5) is 0 Å². The summed E-state index contributed by atoms with van der Waals surface area (Å²) in [6.45, 7) is 2.34. The van der Waals surface area contributed by atoms with Crippen molar-refractivity contribution in [3.63, 3.8) is 0 Å². The molecule has 0 aromatic rings. The summed E-state index contributed by atoms with van der Waals surface area (Å²) >= 11 is 0. The topological polar surface area (TPSA) is 84.9 Å². The van der Waals surface area contributed by atoms with Crippen molar-refractivity contribution in [3.8, 4) is 0 Å². The van der Waals surface area contributed by atoms with Gasteiger partial charge in [-0.1, -0.05) is 6.92 Å². The van der Waals surface area contributed by atoms with E-state index in [1.54, 1.807) is 0 Å². The van der Waals surface area contributed by atoms with Crippen molar-refractivity contribution in [1.29, 1.82) is 0 Å². The van der Waals surface area contributed by atoms with Crippen LogP contribution in [0.25, 0.3) is 0 Å². The zero-order valence-corrected chi connectivity index (χ0v) is 9.43. The van der Waals surface area contributed by atoms with Gasteiger partial charge in [0.1, 0.15) is 6.10 Å². The number of hydrogen-bond acceptors (Lipinski definition) is 5. The molecule has 0 aliphatic carbocycles. The molecule has 0 saturated carbocycles. The van der Waals surface area contributed by atoms with Gasteiger partial charge in [-0.2, -0.15) is 0 Å². The van der Waals surface area contributed by atoms with Crippen LogP contribution in [0.2, 0.25) is 0 Å². The predicted molar refractivity (Wildman–Crippen MR) is 54.6 cm³/mol. The summed E-state index contributed by atoms with van der Waals surface area (Å²) in [5.41, 5.74) is 0. The highest BCUT2D eigenvalue weighted by atomic mass is 16.5. The van der Waals surface area contributed by atoms with E-state index < -0.39 is 18.2 Å². The first kappa shape index (κ1) is 12.9. The summed E-state index contributed by atoms with van der Waals surface area (Å²) in [6, 6.07) is 0. The summed E-state index contributed by atoms with van der Waals surface area (Å²) < 4.78 is 9.56. The van der Waals surface area contributed by atoms with E-state index in [9.17, 15) is 14.7 Å². The van der Waals surface area contributed by atoms with Crippen LogP contribution >= 0.6 is 0 Å². The highest BCUT2D eigenvalue weighted by molar-refractivity contribution is 5.82. The summed E-state index contributed by atoms with van der Waals surface area (Å²) in [6.07, 6.45) is -0.965. The molecule has 1 fully saturated rings. The molecule has 1 rings (SSSR count). The van der Waals surface area contributed by atoms with Gasteiger partial charge in [0.05, 0.1) is 13.7 Å². The average Bonchev–Trinajstić information content (AvgIpc) is 2.70. The van der Waals surface area contributed by atoms with Crippen molar-refractivity contribution in [1.82, 2.24) is 5.32 Å². The molecule has 16 heavy (non-hydrogen) atoms. The van der Waals surface area contributed by atoms with Gasteiger partial charge >= 0.3 is 5.97 Å². The first-order chi connectivity index (χ1) is 7.56. The van der Waals surface area contributed by atoms with Gasteiger partial charge in [0.2, 0.25) is 5.91 Å². The second-order valence-corrected chi connectivity index (χ2v) is 3.84. The molecule has 1 aliphatic rings. The fourth-order valence-corrected chi connectivity index (χ4v) is 1.55. The molecule has 1 saturated heterocycles. The molecule has 6 heteroatoms. The number of carbonyl (C=O) groups excluding carboxylic acids is 2. The van der Waals surface area contributed by atoms with Crippen LogP contribution in [-0.2, 0) is 19.1 Å². The molecule has 0 aromatic heterocycles. The Morgan fingerprint density at radius 1 is 1.62 bits per heavy atom. The smallest absolute Gasteiger partial charge is 0.336 e. The number of hydrogen-bond donors (Lipinski definition) is 2. The molecule has 1 aliphatic heterocycles. The normalized spacial score (nSPS) is 26.2. The maximum Gasteiger partial charge on any atom is 0.336 e. The first-order valence-corrected chi connectivity index (χ1v) is 5.21. The average molecular weight is 231 g/mol. The molecule has 3 atom stereocenters. The number of aliphatic hydroxyl groups excluding tert-OH is 1. The number of nitrogens with one attached hydrogen (secondary N) is 1. The second kappa shape index (κ2) is 5.81. The number of amides is 1. The second-order valence-electron chi connectivity index (χ2n) is 3.84. The molecular formula is C10H17NO5. The lowest BCUT2D eigenvalue weighted by molar-refractivity contribution is -0.150. The van der Waals surface area contributed by atoms with Crippen LogP contribution in [0.3, 0.4) is 0 Å². The fourth-order valence-electron chi connectivity index (χ4n) is 1.55. The van der Waals surface area contributed by atoms with Crippen molar-refractivity contribution >= 4 is 11.9 Å². The van der Waals surface area contributed by atoms with E-state index in [0.717, 1.165) is 6.42 Å². The minimum absolute atomic E-state index is 0.155. The zero-order chi connectivity index (χ0) is 12.1. The Kier molecular flexibility index (Phi) is 4.70. The largest absolute Gasteiger partial charge is 0.467 e. The van der Waals surface area contributed by atoms with Crippen molar-refractivity contribution < 1.29 is 24.2 Å². The third kappa shape index (κ3) is 3.18. The van der Waals surface area contributed by atoms with Gasteiger partial charge in [0.25, 0.3) is 0 Å². The van der Waals surface area contributed by atoms with E-state index in [0.29, 0.717) is 6.61 Å². The van der Waals surface area contributed by atoms with Gasteiger partial charge in [-0.3, -0.25) is 4.79 Å². The van der Waals surface area contributed by atoms with E-state index in [-0.39, 0.29) is 18.4 Å². The summed E-state index contributed by atoms with van der Waals surface area (Å²) in [5.74, 6) is -0.899. The van der Waals surface area contributed by atoms with Crippen LogP contribution in [-0.4, -0.2) is 49.5 Å². The third-order valence-corrected chi connectivity index (χ3v) is 2.59. The van der Waals surface area contributed by atoms with Crippen LogP contribution in [0.15, 0.2) is 0 Å². The van der Waals surface area contributed by atoms with Gasteiger partial charge in [0, 0.05) is 6.61 Å². The SMILES string of the molecule is COC(=O)C(O)CNC(=O)C1OCCC1C. The van der Waals surface area contributed by atoms with Gasteiger partial charge in [0.15, 0.2) is 6.10 Å². The molecule has 1 amide bonds. The monoisotopic (exact) mass is 231 g/mol. The maximum atomic E-state index is 11.6. The zero-order valence-electron chi connectivity index (χ0n) is 9.43. The van der Waals surface area contributed by atoms with E-state index in [1.165, 1.54) is 7.11 Å². The Morgan fingerprint density at radius 3 is 2.81 bits per heavy atom. The number of rotatable bonds is 4. The molecule has 0 bridgehead atoms.